The van der Waals surface area contributed by atoms with E-state index in [9.17, 15) is 0 Å². The second-order valence-electron chi connectivity index (χ2n) is 4.77. The molecule has 1 aliphatic rings. The highest BCUT2D eigenvalue weighted by Gasteiger charge is 2.33. The first-order chi connectivity index (χ1) is 8.30. The number of nitriles is 1. The molecule has 0 aliphatic carbocycles. The molecule has 0 atom stereocenters. The lowest BCUT2D eigenvalue weighted by Crippen LogP contribution is -2.39. The minimum absolute atomic E-state index is 0.0329. The lowest BCUT2D eigenvalue weighted by molar-refractivity contribution is 0.312. The molecule has 2 rings (SSSR count). The number of hydrogen-bond donors (Lipinski definition) is 2. The molecule has 1 aromatic rings. The average Bonchev–Trinajstić information content (AvgIpc) is 2.40. The summed E-state index contributed by atoms with van der Waals surface area (Å²) in [5.74, 6) is 0. The monoisotopic (exact) mass is 229 g/mol. The number of hydrogen-bond acceptors (Lipinski definition) is 3. The molecule has 17 heavy (non-hydrogen) atoms. The van der Waals surface area contributed by atoms with Crippen LogP contribution in [0.25, 0.3) is 0 Å². The molecule has 0 spiro atoms. The van der Waals surface area contributed by atoms with Crippen LogP contribution in [0.2, 0.25) is 0 Å². The smallest absolute Gasteiger partial charge is 0.0631 e. The zero-order valence-electron chi connectivity index (χ0n) is 10.1. The van der Waals surface area contributed by atoms with Crippen molar-refractivity contribution >= 4 is 0 Å². The van der Waals surface area contributed by atoms with Gasteiger partial charge in [-0.3, -0.25) is 0 Å². The van der Waals surface area contributed by atoms with Gasteiger partial charge in [-0.1, -0.05) is 24.3 Å². The molecule has 1 heterocycles. The molecule has 3 heteroatoms. The fourth-order valence-electron chi connectivity index (χ4n) is 2.65. The van der Waals surface area contributed by atoms with Crippen molar-refractivity contribution in [2.24, 2.45) is 5.73 Å². The summed E-state index contributed by atoms with van der Waals surface area (Å²) in [5, 5.41) is 12.4. The third-order valence-corrected chi connectivity index (χ3v) is 3.75. The van der Waals surface area contributed by atoms with Crippen LogP contribution >= 0.6 is 0 Å². The van der Waals surface area contributed by atoms with Crippen LogP contribution in [-0.2, 0) is 12.0 Å². The Morgan fingerprint density at radius 1 is 1.35 bits per heavy atom. The summed E-state index contributed by atoms with van der Waals surface area (Å²) in [4.78, 5) is 0. The molecule has 0 aromatic heterocycles. The highest BCUT2D eigenvalue weighted by molar-refractivity contribution is 5.32. The van der Waals surface area contributed by atoms with E-state index in [4.69, 9.17) is 11.0 Å². The summed E-state index contributed by atoms with van der Waals surface area (Å²) >= 11 is 0. The van der Waals surface area contributed by atoms with Crippen LogP contribution < -0.4 is 11.1 Å². The van der Waals surface area contributed by atoms with E-state index < -0.39 is 0 Å². The minimum atomic E-state index is 0.0329. The number of piperidine rings is 1. The van der Waals surface area contributed by atoms with E-state index in [1.165, 1.54) is 5.56 Å². The van der Waals surface area contributed by atoms with E-state index in [1.54, 1.807) is 0 Å². The molecule has 3 nitrogen and oxygen atoms in total. The second-order valence-corrected chi connectivity index (χ2v) is 4.77. The van der Waals surface area contributed by atoms with E-state index >= 15 is 0 Å². The largest absolute Gasteiger partial charge is 0.326 e. The van der Waals surface area contributed by atoms with Crippen LogP contribution in [0, 0.1) is 11.3 Å². The number of nitrogens with one attached hydrogen (secondary N) is 1. The van der Waals surface area contributed by atoms with Gasteiger partial charge in [0.2, 0.25) is 0 Å². The molecule has 1 saturated heterocycles. The van der Waals surface area contributed by atoms with Gasteiger partial charge in [-0.2, -0.15) is 5.26 Å². The van der Waals surface area contributed by atoms with Crippen LogP contribution in [0.5, 0.6) is 0 Å². The number of nitrogens with two attached hydrogens (primary N) is 1. The Labute approximate surface area is 103 Å². The van der Waals surface area contributed by atoms with Crippen molar-refractivity contribution in [2.45, 2.75) is 31.2 Å². The summed E-state index contributed by atoms with van der Waals surface area (Å²) in [6.07, 6.45) is 2.67. The number of nitrogens with zero attached hydrogens (tertiary/aromatic N) is 1. The first-order valence-electron chi connectivity index (χ1n) is 6.18. The van der Waals surface area contributed by atoms with Crippen molar-refractivity contribution in [3.05, 3.63) is 35.4 Å². The Morgan fingerprint density at radius 3 is 2.76 bits per heavy atom. The zero-order chi connectivity index (χ0) is 12.1. The highest BCUT2D eigenvalue weighted by atomic mass is 14.9. The summed E-state index contributed by atoms with van der Waals surface area (Å²) in [5.41, 5.74) is 8.15. The van der Waals surface area contributed by atoms with Gasteiger partial charge in [0.25, 0.3) is 0 Å². The quantitative estimate of drug-likeness (QED) is 0.829. The third kappa shape index (κ3) is 2.49. The molecule has 0 amide bonds. The standard InChI is InChI=1S/C14H19N3/c15-7-4-14(5-8-17-9-6-14)13-3-1-2-12(10-13)11-16/h1-3,10,17H,4-6,8-9,11,16H2. The van der Waals surface area contributed by atoms with E-state index in [0.717, 1.165) is 31.5 Å². The van der Waals surface area contributed by atoms with Gasteiger partial charge < -0.3 is 11.1 Å². The molecule has 90 valence electrons. The average molecular weight is 229 g/mol. The van der Waals surface area contributed by atoms with Crippen molar-refractivity contribution < 1.29 is 0 Å². The normalized spacial score (nSPS) is 18.6. The van der Waals surface area contributed by atoms with Crippen molar-refractivity contribution in [3.63, 3.8) is 0 Å². The Hall–Kier alpha value is -1.37. The van der Waals surface area contributed by atoms with Gasteiger partial charge in [-0.05, 0) is 37.1 Å². The lowest BCUT2D eigenvalue weighted by atomic mass is 9.71. The zero-order valence-corrected chi connectivity index (χ0v) is 10.1. The minimum Gasteiger partial charge on any atom is -0.326 e. The van der Waals surface area contributed by atoms with Gasteiger partial charge in [-0.25, -0.2) is 0 Å². The first kappa shape index (κ1) is 12.1. The van der Waals surface area contributed by atoms with Crippen LogP contribution in [0.15, 0.2) is 24.3 Å². The molecular weight excluding hydrogens is 210 g/mol. The molecule has 0 radical (unpaired) electrons. The lowest BCUT2D eigenvalue weighted by Gasteiger charge is -2.36. The topological polar surface area (TPSA) is 61.8 Å². The maximum atomic E-state index is 9.08. The summed E-state index contributed by atoms with van der Waals surface area (Å²) < 4.78 is 0. The van der Waals surface area contributed by atoms with Crippen molar-refractivity contribution in [3.8, 4) is 6.07 Å². The number of benzene rings is 1. The molecule has 1 aromatic carbocycles. The fraction of sp³-hybridized carbons (Fsp3) is 0.500. The Kier molecular flexibility index (Phi) is 3.78. The highest BCUT2D eigenvalue weighted by Crippen LogP contribution is 2.36. The Bertz CT molecular complexity index is 414. The van der Waals surface area contributed by atoms with Crippen LogP contribution in [-0.4, -0.2) is 13.1 Å². The van der Waals surface area contributed by atoms with Gasteiger partial charge in [0.15, 0.2) is 0 Å². The molecule has 3 N–H and O–H groups in total. The molecule has 0 saturated carbocycles. The SMILES string of the molecule is N#CCC1(c2cccc(CN)c2)CCNCC1. The van der Waals surface area contributed by atoms with Crippen molar-refractivity contribution in [2.75, 3.05) is 13.1 Å². The van der Waals surface area contributed by atoms with Gasteiger partial charge >= 0.3 is 0 Å². The molecule has 1 aliphatic heterocycles. The van der Waals surface area contributed by atoms with Gasteiger partial charge in [-0.15, -0.1) is 0 Å². The maximum Gasteiger partial charge on any atom is 0.0631 e. The van der Waals surface area contributed by atoms with E-state index in [2.05, 4.69) is 29.6 Å². The summed E-state index contributed by atoms with van der Waals surface area (Å²) in [6.45, 7) is 2.55. The molecular formula is C14H19N3. The summed E-state index contributed by atoms with van der Waals surface area (Å²) in [6, 6.07) is 10.8. The molecule has 0 unspecified atom stereocenters. The summed E-state index contributed by atoms with van der Waals surface area (Å²) in [7, 11) is 0. The number of rotatable bonds is 3. The molecule has 0 bridgehead atoms. The first-order valence-corrected chi connectivity index (χ1v) is 6.18. The van der Waals surface area contributed by atoms with E-state index in [-0.39, 0.29) is 5.41 Å². The van der Waals surface area contributed by atoms with Crippen LogP contribution in [0.4, 0.5) is 0 Å². The van der Waals surface area contributed by atoms with Gasteiger partial charge in [0.1, 0.15) is 0 Å². The van der Waals surface area contributed by atoms with E-state index in [1.807, 2.05) is 6.07 Å². The fourth-order valence-corrected chi connectivity index (χ4v) is 2.65. The van der Waals surface area contributed by atoms with Crippen LogP contribution in [0.1, 0.15) is 30.4 Å². The van der Waals surface area contributed by atoms with Crippen LogP contribution in [0.3, 0.4) is 0 Å². The predicted octanol–water partition coefficient (Wildman–Crippen LogP) is 1.68. The molecule has 1 fully saturated rings. The van der Waals surface area contributed by atoms with Gasteiger partial charge in [0, 0.05) is 18.4 Å². The van der Waals surface area contributed by atoms with Gasteiger partial charge in [0.05, 0.1) is 6.07 Å². The van der Waals surface area contributed by atoms with Crippen molar-refractivity contribution in [1.29, 1.82) is 5.26 Å². The Morgan fingerprint density at radius 2 is 2.12 bits per heavy atom. The third-order valence-electron chi connectivity index (χ3n) is 3.75. The second kappa shape index (κ2) is 5.31. The van der Waals surface area contributed by atoms with Crippen molar-refractivity contribution in [1.82, 2.24) is 5.32 Å². The Balaban J connectivity index is 2.34. The predicted molar refractivity (Wildman–Crippen MR) is 68.3 cm³/mol. The maximum absolute atomic E-state index is 9.08. The van der Waals surface area contributed by atoms with E-state index in [0.29, 0.717) is 13.0 Å².